The van der Waals surface area contributed by atoms with E-state index in [1.807, 2.05) is 0 Å². The van der Waals surface area contributed by atoms with Crippen LogP contribution < -0.4 is 5.32 Å². The number of amides is 2. The Morgan fingerprint density at radius 3 is 2.77 bits per heavy atom. The summed E-state index contributed by atoms with van der Waals surface area (Å²) < 4.78 is 18.6. The van der Waals surface area contributed by atoms with Gasteiger partial charge in [0, 0.05) is 18.3 Å². The lowest BCUT2D eigenvalue weighted by Gasteiger charge is -2.30. The van der Waals surface area contributed by atoms with Crippen molar-refractivity contribution in [3.05, 3.63) is 59.8 Å². The van der Waals surface area contributed by atoms with Gasteiger partial charge in [-0.3, -0.25) is 19.8 Å². The number of rotatable bonds is 5. The van der Waals surface area contributed by atoms with Gasteiger partial charge < -0.3 is 20.1 Å². The molecule has 0 bridgehead atoms. The van der Waals surface area contributed by atoms with E-state index in [9.17, 15) is 19.1 Å². The van der Waals surface area contributed by atoms with E-state index < -0.39 is 11.5 Å². The van der Waals surface area contributed by atoms with Gasteiger partial charge in [-0.1, -0.05) is 0 Å². The van der Waals surface area contributed by atoms with E-state index in [4.69, 9.17) is 4.74 Å². The molecule has 4 N–H and O–H groups in total. The molecule has 0 unspecified atom stereocenters. The molecule has 1 aliphatic heterocycles. The first-order chi connectivity index (χ1) is 14.9. The number of carbonyl (C=O) groups excluding carboxylic acids is 2. The highest BCUT2D eigenvalue weighted by Gasteiger charge is 2.35. The third-order valence-corrected chi connectivity index (χ3v) is 4.92. The molecule has 2 aromatic heterocycles. The molecule has 1 atom stereocenters. The number of H-pyrrole nitrogens is 2. The predicted molar refractivity (Wildman–Crippen MR) is 107 cm³/mol. The summed E-state index contributed by atoms with van der Waals surface area (Å²) in [5.74, 6) is -1.16. The van der Waals surface area contributed by atoms with Gasteiger partial charge in [0.2, 0.25) is 0 Å². The van der Waals surface area contributed by atoms with Gasteiger partial charge in [-0.05, 0) is 36.4 Å². The largest absolute Gasteiger partial charge is 0.384 e. The zero-order chi connectivity index (χ0) is 21.8. The molecular formula is C20H21FN6O4. The fraction of sp³-hybridized carbons (Fsp3) is 0.300. The van der Waals surface area contributed by atoms with Crippen molar-refractivity contribution in [2.24, 2.45) is 0 Å². The molecule has 0 radical (unpaired) electrons. The van der Waals surface area contributed by atoms with Gasteiger partial charge in [-0.25, -0.2) is 4.39 Å². The van der Waals surface area contributed by atoms with Gasteiger partial charge in [0.1, 0.15) is 22.8 Å². The maximum absolute atomic E-state index is 13.1. The Labute approximate surface area is 176 Å². The molecule has 0 saturated carbocycles. The number of ether oxygens (including phenoxy) is 1. The molecule has 3 aromatic rings. The molecule has 11 heteroatoms. The van der Waals surface area contributed by atoms with Gasteiger partial charge in [0.15, 0.2) is 0 Å². The first-order valence-electron chi connectivity index (χ1n) is 9.62. The van der Waals surface area contributed by atoms with Crippen LogP contribution in [0.2, 0.25) is 0 Å². The minimum atomic E-state index is -1.47. The molecular weight excluding hydrogens is 407 g/mol. The van der Waals surface area contributed by atoms with Crippen molar-refractivity contribution in [2.45, 2.75) is 5.60 Å². The first-order valence-corrected chi connectivity index (χ1v) is 9.62. The summed E-state index contributed by atoms with van der Waals surface area (Å²) in [6.45, 7) is 0.310. The average molecular weight is 428 g/mol. The molecule has 162 valence electrons. The molecule has 1 fully saturated rings. The Kier molecular flexibility index (Phi) is 5.78. The minimum Gasteiger partial charge on any atom is -0.384 e. The van der Waals surface area contributed by atoms with Crippen molar-refractivity contribution in [2.75, 3.05) is 32.8 Å². The van der Waals surface area contributed by atoms with Crippen LogP contribution in [0.1, 0.15) is 21.0 Å². The van der Waals surface area contributed by atoms with Crippen LogP contribution in [0.3, 0.4) is 0 Å². The fourth-order valence-corrected chi connectivity index (χ4v) is 3.29. The van der Waals surface area contributed by atoms with Crippen LogP contribution >= 0.6 is 0 Å². The van der Waals surface area contributed by atoms with E-state index in [0.29, 0.717) is 11.3 Å². The molecule has 10 nitrogen and oxygen atoms in total. The summed E-state index contributed by atoms with van der Waals surface area (Å²) in [5, 5.41) is 26.7. The molecule has 4 rings (SSSR count). The summed E-state index contributed by atoms with van der Waals surface area (Å²) in [6.07, 6.45) is 1.45. The number of nitrogens with zero attached hydrogens (tertiary/aromatic N) is 3. The third-order valence-electron chi connectivity index (χ3n) is 4.92. The lowest BCUT2D eigenvalue weighted by molar-refractivity contribution is -0.0324. The lowest BCUT2D eigenvalue weighted by Crippen LogP contribution is -2.53. The van der Waals surface area contributed by atoms with E-state index in [2.05, 4.69) is 25.7 Å². The highest BCUT2D eigenvalue weighted by molar-refractivity contribution is 5.93. The highest BCUT2D eigenvalue weighted by Crippen LogP contribution is 2.20. The van der Waals surface area contributed by atoms with Crippen LogP contribution in [0.4, 0.5) is 4.39 Å². The highest BCUT2D eigenvalue weighted by atomic mass is 19.1. The van der Waals surface area contributed by atoms with Gasteiger partial charge in [0.05, 0.1) is 32.0 Å². The molecule has 1 aromatic carbocycles. The van der Waals surface area contributed by atoms with Crippen LogP contribution in [0.15, 0.2) is 42.6 Å². The van der Waals surface area contributed by atoms with E-state index in [1.54, 1.807) is 18.2 Å². The molecule has 1 aliphatic rings. The Hall–Kier alpha value is -3.57. The monoisotopic (exact) mass is 428 g/mol. The molecule has 3 heterocycles. The summed E-state index contributed by atoms with van der Waals surface area (Å²) in [7, 11) is 0. The minimum absolute atomic E-state index is 0.0379. The van der Waals surface area contributed by atoms with Gasteiger partial charge >= 0.3 is 0 Å². The normalized spacial score (nSPS) is 19.1. The van der Waals surface area contributed by atoms with Gasteiger partial charge in [0.25, 0.3) is 11.8 Å². The number of aromatic amines is 2. The van der Waals surface area contributed by atoms with Crippen LogP contribution in [-0.2, 0) is 4.74 Å². The summed E-state index contributed by atoms with van der Waals surface area (Å²) >= 11 is 0. The van der Waals surface area contributed by atoms with E-state index in [0.717, 1.165) is 0 Å². The van der Waals surface area contributed by atoms with Crippen molar-refractivity contribution in [3.63, 3.8) is 0 Å². The SMILES string of the molecule is O=C(NC[C@@]1(O)COCCN(C(=O)c2cc(-c3ccc(F)cc3)n[nH]2)C1)c1ccn[nH]1. The number of aliphatic hydroxyl groups is 1. The maximum atomic E-state index is 13.1. The van der Waals surface area contributed by atoms with Crippen LogP contribution in [0.5, 0.6) is 0 Å². The van der Waals surface area contributed by atoms with Crippen LogP contribution in [-0.4, -0.2) is 80.7 Å². The Balaban J connectivity index is 1.44. The zero-order valence-electron chi connectivity index (χ0n) is 16.5. The number of aromatic nitrogens is 4. The number of hydrogen-bond acceptors (Lipinski definition) is 6. The van der Waals surface area contributed by atoms with Gasteiger partial charge in [-0.15, -0.1) is 0 Å². The second-order valence-corrected chi connectivity index (χ2v) is 7.33. The third kappa shape index (κ3) is 4.78. The van der Waals surface area contributed by atoms with Crippen molar-refractivity contribution in [3.8, 4) is 11.3 Å². The number of carbonyl (C=O) groups is 2. The topological polar surface area (TPSA) is 136 Å². The van der Waals surface area contributed by atoms with E-state index in [1.165, 1.54) is 29.3 Å². The predicted octanol–water partition coefficient (Wildman–Crippen LogP) is 0.572. The number of nitrogens with one attached hydrogen (secondary N) is 3. The summed E-state index contributed by atoms with van der Waals surface area (Å²) in [5.41, 5.74) is 0.175. The standard InChI is InChI=1S/C20H21FN6O4/c21-14-3-1-13(2-4-14)16-9-17(26-25-16)19(29)27-7-8-31-12-20(30,11-27)10-22-18(28)15-5-6-23-24-15/h1-6,9,30H,7-8,10-12H2,(H,22,28)(H,23,24)(H,25,26)/t20-/m0/s1. The molecule has 0 spiro atoms. The van der Waals surface area contributed by atoms with Crippen LogP contribution in [0.25, 0.3) is 11.3 Å². The van der Waals surface area contributed by atoms with E-state index >= 15 is 0 Å². The van der Waals surface area contributed by atoms with Crippen molar-refractivity contribution in [1.29, 1.82) is 0 Å². The lowest BCUT2D eigenvalue weighted by atomic mass is 10.0. The Bertz CT molecular complexity index is 1050. The molecule has 31 heavy (non-hydrogen) atoms. The fourth-order valence-electron chi connectivity index (χ4n) is 3.29. The van der Waals surface area contributed by atoms with E-state index in [-0.39, 0.29) is 56.0 Å². The van der Waals surface area contributed by atoms with Crippen molar-refractivity contribution >= 4 is 11.8 Å². The number of halogens is 1. The summed E-state index contributed by atoms with van der Waals surface area (Å²) in [6, 6.07) is 8.85. The second kappa shape index (κ2) is 8.66. The number of benzene rings is 1. The molecule has 1 saturated heterocycles. The molecule has 2 amide bonds. The smallest absolute Gasteiger partial charge is 0.272 e. The quantitative estimate of drug-likeness (QED) is 0.469. The average Bonchev–Trinajstić information content (AvgIpc) is 3.44. The molecule has 0 aliphatic carbocycles. The summed E-state index contributed by atoms with van der Waals surface area (Å²) in [4.78, 5) is 26.6. The second-order valence-electron chi connectivity index (χ2n) is 7.33. The first kappa shape index (κ1) is 20.7. The number of β-amino-alcohol motifs (C(OH)–C–C–N with tert-alkyl or cyclic N) is 1. The van der Waals surface area contributed by atoms with Crippen molar-refractivity contribution < 1.29 is 23.8 Å². The maximum Gasteiger partial charge on any atom is 0.272 e. The van der Waals surface area contributed by atoms with Crippen LogP contribution in [0, 0.1) is 5.82 Å². The Morgan fingerprint density at radius 2 is 2.03 bits per heavy atom. The zero-order valence-corrected chi connectivity index (χ0v) is 16.5. The van der Waals surface area contributed by atoms with Gasteiger partial charge in [-0.2, -0.15) is 10.2 Å². The number of hydrogen-bond donors (Lipinski definition) is 4. The van der Waals surface area contributed by atoms with Crippen molar-refractivity contribution in [1.82, 2.24) is 30.6 Å². The Morgan fingerprint density at radius 1 is 1.23 bits per heavy atom.